The van der Waals surface area contributed by atoms with Crippen molar-refractivity contribution in [1.82, 2.24) is 9.78 Å². The predicted molar refractivity (Wildman–Crippen MR) is 126 cm³/mol. The predicted octanol–water partition coefficient (Wildman–Crippen LogP) is 5.26. The Kier molecular flexibility index (Phi) is 7.03. The molecule has 1 heterocycles. The molecule has 6 nitrogen and oxygen atoms in total. The molecule has 0 N–H and O–H groups in total. The van der Waals surface area contributed by atoms with Gasteiger partial charge in [-0.05, 0) is 55.7 Å². The summed E-state index contributed by atoms with van der Waals surface area (Å²) in [6.45, 7) is 6.78. The van der Waals surface area contributed by atoms with Crippen molar-refractivity contribution in [2.45, 2.75) is 39.2 Å². The van der Waals surface area contributed by atoms with Crippen LogP contribution in [0.2, 0.25) is 10.0 Å². The summed E-state index contributed by atoms with van der Waals surface area (Å²) < 4.78 is 32.5. The molecule has 3 rings (SSSR count). The molecule has 0 saturated carbocycles. The van der Waals surface area contributed by atoms with Gasteiger partial charge in [0.05, 0.1) is 21.4 Å². The topological polar surface area (TPSA) is 78.3 Å². The summed E-state index contributed by atoms with van der Waals surface area (Å²) in [7, 11) is -1.80. The molecule has 2 aromatic carbocycles. The van der Waals surface area contributed by atoms with Gasteiger partial charge in [0.2, 0.25) is 11.7 Å². The van der Waals surface area contributed by atoms with Crippen molar-refractivity contribution >= 4 is 38.8 Å². The van der Waals surface area contributed by atoms with Gasteiger partial charge >= 0.3 is 0 Å². The highest BCUT2D eigenvalue weighted by Crippen LogP contribution is 2.34. The van der Waals surface area contributed by atoms with Gasteiger partial charge in [-0.25, -0.2) is 13.1 Å². The lowest BCUT2D eigenvalue weighted by Crippen LogP contribution is -2.13. The van der Waals surface area contributed by atoms with Crippen molar-refractivity contribution < 1.29 is 17.9 Å². The van der Waals surface area contributed by atoms with E-state index in [1.807, 2.05) is 12.1 Å². The number of ether oxygens (including phenoxy) is 1. The third-order valence-electron chi connectivity index (χ3n) is 5.25. The van der Waals surface area contributed by atoms with Crippen LogP contribution >= 0.6 is 23.2 Å². The zero-order chi connectivity index (χ0) is 23.8. The van der Waals surface area contributed by atoms with Gasteiger partial charge in [-0.2, -0.15) is 5.10 Å². The molecule has 0 radical (unpaired) electrons. The number of aromatic nitrogens is 2. The molecule has 1 aromatic heterocycles. The van der Waals surface area contributed by atoms with Crippen LogP contribution in [0.25, 0.3) is 0 Å². The molecule has 0 unspecified atom stereocenters. The fraction of sp³-hybridized carbons (Fsp3) is 0.304. The molecular formula is C23H24Cl2N2O4S. The first-order valence-electron chi connectivity index (χ1n) is 9.95. The van der Waals surface area contributed by atoms with Gasteiger partial charge < -0.3 is 4.74 Å². The number of aryl methyl sites for hydroxylation is 3. The summed E-state index contributed by atoms with van der Waals surface area (Å²) in [5, 5.41) is 5.07. The molecular weight excluding hydrogens is 471 g/mol. The van der Waals surface area contributed by atoms with Crippen molar-refractivity contribution in [3.05, 3.63) is 73.9 Å². The quantitative estimate of drug-likeness (QED) is 0.418. The Morgan fingerprint density at radius 3 is 2.34 bits per heavy atom. The molecule has 0 aliphatic heterocycles. The first kappa shape index (κ1) is 24.3. The van der Waals surface area contributed by atoms with Crippen LogP contribution in [0.5, 0.6) is 5.88 Å². The highest BCUT2D eigenvalue weighted by molar-refractivity contribution is 7.91. The van der Waals surface area contributed by atoms with Gasteiger partial charge in [0.1, 0.15) is 12.2 Å². The lowest BCUT2D eigenvalue weighted by Gasteiger charge is -2.15. The fourth-order valence-corrected chi connectivity index (χ4v) is 5.49. The maximum Gasteiger partial charge on any atom is 0.223 e. The summed E-state index contributed by atoms with van der Waals surface area (Å²) in [6.07, 6.45) is 0. The molecule has 0 fully saturated rings. The van der Waals surface area contributed by atoms with Crippen molar-refractivity contribution in [1.29, 1.82) is 0 Å². The summed E-state index contributed by atoms with van der Waals surface area (Å²) in [5.74, 6) is -0.125. The number of rotatable bonds is 7. The molecule has 0 aliphatic rings. The fourth-order valence-electron chi connectivity index (χ4n) is 3.66. The Morgan fingerprint density at radius 2 is 1.75 bits per heavy atom. The average Bonchev–Trinajstić information content (AvgIpc) is 3.02. The molecule has 0 atom stereocenters. The van der Waals surface area contributed by atoms with Crippen LogP contribution in [-0.4, -0.2) is 29.7 Å². The minimum absolute atomic E-state index is 0.0529. The number of hydrogen-bond donors (Lipinski definition) is 0. The van der Waals surface area contributed by atoms with Crippen LogP contribution in [0.15, 0.2) is 35.2 Å². The van der Waals surface area contributed by atoms with Crippen molar-refractivity contribution in [2.75, 3.05) is 5.75 Å². The average molecular weight is 495 g/mol. The molecule has 0 bridgehead atoms. The first-order valence-corrected chi connectivity index (χ1v) is 12.4. The van der Waals surface area contributed by atoms with Gasteiger partial charge in [0, 0.05) is 17.6 Å². The van der Waals surface area contributed by atoms with E-state index < -0.39 is 9.84 Å². The smallest absolute Gasteiger partial charge is 0.223 e. The molecule has 9 heteroatoms. The second kappa shape index (κ2) is 9.25. The van der Waals surface area contributed by atoms with E-state index >= 15 is 0 Å². The molecule has 0 aliphatic carbocycles. The maximum absolute atomic E-state index is 13.5. The number of halogens is 2. The summed E-state index contributed by atoms with van der Waals surface area (Å²) >= 11 is 12.4. The van der Waals surface area contributed by atoms with Crippen LogP contribution in [-0.2, 0) is 23.5 Å². The first-order chi connectivity index (χ1) is 15.0. The number of ketones is 1. The molecule has 170 valence electrons. The van der Waals surface area contributed by atoms with E-state index in [9.17, 15) is 13.2 Å². The lowest BCUT2D eigenvalue weighted by atomic mass is 9.99. The van der Waals surface area contributed by atoms with Gasteiger partial charge in [-0.15, -0.1) is 0 Å². The van der Waals surface area contributed by atoms with Crippen LogP contribution in [0.3, 0.4) is 0 Å². The molecule has 0 spiro atoms. The van der Waals surface area contributed by atoms with E-state index in [2.05, 4.69) is 5.10 Å². The second-order valence-electron chi connectivity index (χ2n) is 7.55. The molecule has 3 aromatic rings. The van der Waals surface area contributed by atoms with Gasteiger partial charge in [-0.3, -0.25) is 4.79 Å². The lowest BCUT2D eigenvalue weighted by molar-refractivity contribution is 0.103. The third-order valence-corrected chi connectivity index (χ3v) is 8.00. The maximum atomic E-state index is 13.5. The van der Waals surface area contributed by atoms with Crippen LogP contribution in [0, 0.1) is 20.8 Å². The van der Waals surface area contributed by atoms with Crippen LogP contribution in [0.4, 0.5) is 0 Å². The molecule has 0 saturated heterocycles. The standard InChI is InChI=1S/C23H24Cl2N2O4S/c1-6-32(29,30)22-13(2)11-18(20(25)14(22)3)21(28)19-15(4)26-27(5)23(19)31-12-16-7-9-17(24)10-8-16/h7-11H,6,12H2,1-5H3. The zero-order valence-electron chi connectivity index (χ0n) is 18.5. The zero-order valence-corrected chi connectivity index (χ0v) is 20.8. The van der Waals surface area contributed by atoms with Crippen molar-refractivity contribution in [3.63, 3.8) is 0 Å². The number of carbonyl (C=O) groups excluding carboxylic acids is 1. The minimum Gasteiger partial charge on any atom is -0.472 e. The highest BCUT2D eigenvalue weighted by Gasteiger charge is 2.28. The Bertz CT molecular complexity index is 1300. The number of hydrogen-bond acceptors (Lipinski definition) is 5. The Labute approximate surface area is 198 Å². The van der Waals surface area contributed by atoms with E-state index in [-0.39, 0.29) is 39.2 Å². The monoisotopic (exact) mass is 494 g/mol. The molecule has 32 heavy (non-hydrogen) atoms. The summed E-state index contributed by atoms with van der Waals surface area (Å²) in [6, 6.07) is 8.72. The minimum atomic E-state index is -3.49. The van der Waals surface area contributed by atoms with Crippen LogP contribution in [0.1, 0.15) is 45.2 Å². The van der Waals surface area contributed by atoms with Crippen molar-refractivity contribution in [2.24, 2.45) is 7.05 Å². The normalized spacial score (nSPS) is 11.6. The van der Waals surface area contributed by atoms with Crippen molar-refractivity contribution in [3.8, 4) is 5.88 Å². The number of carbonyl (C=O) groups is 1. The number of nitrogens with zero attached hydrogens (tertiary/aromatic N) is 2. The summed E-state index contributed by atoms with van der Waals surface area (Å²) in [5.41, 5.74) is 2.70. The summed E-state index contributed by atoms with van der Waals surface area (Å²) in [4.78, 5) is 13.7. The Morgan fingerprint density at radius 1 is 1.12 bits per heavy atom. The van der Waals surface area contributed by atoms with Crippen LogP contribution < -0.4 is 4.74 Å². The number of benzene rings is 2. The van der Waals surface area contributed by atoms with E-state index in [0.29, 0.717) is 27.7 Å². The van der Waals surface area contributed by atoms with Gasteiger partial charge in [-0.1, -0.05) is 42.3 Å². The van der Waals surface area contributed by atoms with Gasteiger partial charge in [0.25, 0.3) is 0 Å². The largest absolute Gasteiger partial charge is 0.472 e. The number of sulfone groups is 1. The highest BCUT2D eigenvalue weighted by atomic mass is 35.5. The Hall–Kier alpha value is -2.35. The third kappa shape index (κ3) is 4.56. The molecule has 0 amide bonds. The van der Waals surface area contributed by atoms with E-state index in [0.717, 1.165) is 5.56 Å². The van der Waals surface area contributed by atoms with E-state index in [1.165, 1.54) is 10.7 Å². The van der Waals surface area contributed by atoms with Gasteiger partial charge in [0.15, 0.2) is 9.84 Å². The Balaban J connectivity index is 2.04. The second-order valence-corrected chi connectivity index (χ2v) is 10.6. The van der Waals surface area contributed by atoms with E-state index in [1.54, 1.807) is 46.9 Å². The van der Waals surface area contributed by atoms with E-state index in [4.69, 9.17) is 27.9 Å². The SMILES string of the molecule is CCS(=O)(=O)c1c(C)cc(C(=O)c2c(C)nn(C)c2OCc2ccc(Cl)cc2)c(Cl)c1C.